The zero-order chi connectivity index (χ0) is 15.7. The first-order valence-electron chi connectivity index (χ1n) is 7.09. The molecular weight excluding hydrogens is 302 g/mol. The van der Waals surface area contributed by atoms with Crippen molar-refractivity contribution >= 4 is 38.5 Å². The molecule has 0 bridgehead atoms. The van der Waals surface area contributed by atoms with Crippen LogP contribution in [0.2, 0.25) is 0 Å². The number of anilines is 1. The van der Waals surface area contributed by atoms with E-state index >= 15 is 0 Å². The summed E-state index contributed by atoms with van der Waals surface area (Å²) in [5.41, 5.74) is 0.803. The highest BCUT2D eigenvalue weighted by atomic mass is 32.1. The number of ether oxygens (including phenoxy) is 1. The van der Waals surface area contributed by atoms with Crippen LogP contribution in [0.25, 0.3) is 10.2 Å². The monoisotopic (exact) mass is 319 g/mol. The summed E-state index contributed by atoms with van der Waals surface area (Å²) in [5, 5.41) is 5.88. The van der Waals surface area contributed by atoms with Gasteiger partial charge in [-0.3, -0.25) is 9.59 Å². The van der Waals surface area contributed by atoms with E-state index in [1.54, 1.807) is 7.11 Å². The van der Waals surface area contributed by atoms with Gasteiger partial charge in [0.15, 0.2) is 5.13 Å². The van der Waals surface area contributed by atoms with Gasteiger partial charge in [0.1, 0.15) is 5.75 Å². The van der Waals surface area contributed by atoms with Gasteiger partial charge in [-0.2, -0.15) is 0 Å². The SMILES string of the molecule is COc1ccc2nc(NC(=O)CNC(=O)[C@@H]3C[C@H]3C)sc2c1. The summed E-state index contributed by atoms with van der Waals surface area (Å²) in [6, 6.07) is 5.54. The number of methoxy groups -OCH3 is 1. The molecule has 3 rings (SSSR count). The second kappa shape index (κ2) is 5.92. The second-order valence-electron chi connectivity index (χ2n) is 5.44. The Morgan fingerprint density at radius 2 is 2.23 bits per heavy atom. The molecule has 1 aliphatic carbocycles. The summed E-state index contributed by atoms with van der Waals surface area (Å²) >= 11 is 1.37. The van der Waals surface area contributed by atoms with Crippen LogP contribution in [0.4, 0.5) is 5.13 Å². The number of carbonyl (C=O) groups excluding carboxylic acids is 2. The van der Waals surface area contributed by atoms with Gasteiger partial charge in [0.2, 0.25) is 11.8 Å². The molecule has 2 atom stereocenters. The number of aromatic nitrogens is 1. The lowest BCUT2D eigenvalue weighted by atomic mass is 10.3. The van der Waals surface area contributed by atoms with Gasteiger partial charge in [-0.1, -0.05) is 18.3 Å². The van der Waals surface area contributed by atoms with E-state index in [0.29, 0.717) is 11.0 Å². The van der Waals surface area contributed by atoms with Gasteiger partial charge >= 0.3 is 0 Å². The lowest BCUT2D eigenvalue weighted by Crippen LogP contribution is -2.34. The first-order valence-corrected chi connectivity index (χ1v) is 7.90. The van der Waals surface area contributed by atoms with Crippen molar-refractivity contribution < 1.29 is 14.3 Å². The molecule has 2 N–H and O–H groups in total. The summed E-state index contributed by atoms with van der Waals surface area (Å²) in [4.78, 5) is 27.9. The van der Waals surface area contributed by atoms with Crippen LogP contribution in [0.5, 0.6) is 5.75 Å². The summed E-state index contributed by atoms with van der Waals surface area (Å²) in [5.74, 6) is 0.939. The minimum Gasteiger partial charge on any atom is -0.497 e. The third-order valence-electron chi connectivity index (χ3n) is 3.71. The molecule has 22 heavy (non-hydrogen) atoms. The number of nitrogens with zero attached hydrogens (tertiary/aromatic N) is 1. The van der Waals surface area contributed by atoms with Crippen molar-refractivity contribution in [1.82, 2.24) is 10.3 Å². The first kappa shape index (κ1) is 14.8. The van der Waals surface area contributed by atoms with Crippen LogP contribution in [0.1, 0.15) is 13.3 Å². The van der Waals surface area contributed by atoms with Gasteiger partial charge in [0.25, 0.3) is 0 Å². The molecule has 116 valence electrons. The summed E-state index contributed by atoms with van der Waals surface area (Å²) in [6.45, 7) is 2.00. The number of carbonyl (C=O) groups is 2. The maximum Gasteiger partial charge on any atom is 0.245 e. The van der Waals surface area contributed by atoms with Gasteiger partial charge in [-0.05, 0) is 30.5 Å². The molecule has 2 aromatic rings. The van der Waals surface area contributed by atoms with Crippen molar-refractivity contribution in [3.05, 3.63) is 18.2 Å². The van der Waals surface area contributed by atoms with Gasteiger partial charge in [0.05, 0.1) is 23.9 Å². The van der Waals surface area contributed by atoms with Gasteiger partial charge in [0, 0.05) is 5.92 Å². The number of hydrogen-bond acceptors (Lipinski definition) is 5. The average molecular weight is 319 g/mol. The molecule has 1 aromatic carbocycles. The Morgan fingerprint density at radius 3 is 2.91 bits per heavy atom. The highest BCUT2D eigenvalue weighted by Gasteiger charge is 2.38. The smallest absolute Gasteiger partial charge is 0.245 e. The van der Waals surface area contributed by atoms with Crippen LogP contribution >= 0.6 is 11.3 Å². The highest BCUT2D eigenvalue weighted by Crippen LogP contribution is 2.37. The molecule has 7 heteroatoms. The number of amides is 2. The Morgan fingerprint density at radius 1 is 1.45 bits per heavy atom. The molecule has 1 fully saturated rings. The molecule has 6 nitrogen and oxygen atoms in total. The van der Waals surface area contributed by atoms with Crippen molar-refractivity contribution in [3.8, 4) is 5.75 Å². The lowest BCUT2D eigenvalue weighted by molar-refractivity contribution is -0.125. The summed E-state index contributed by atoms with van der Waals surface area (Å²) in [6.07, 6.45) is 0.910. The predicted molar refractivity (Wildman–Crippen MR) is 85.1 cm³/mol. The quantitative estimate of drug-likeness (QED) is 0.883. The minimum atomic E-state index is -0.271. The van der Waals surface area contributed by atoms with Crippen molar-refractivity contribution in [2.75, 3.05) is 19.0 Å². The number of nitrogens with one attached hydrogen (secondary N) is 2. The lowest BCUT2D eigenvalue weighted by Gasteiger charge is -2.03. The molecule has 0 spiro atoms. The topological polar surface area (TPSA) is 80.3 Å². The van der Waals surface area contributed by atoms with E-state index in [1.807, 2.05) is 25.1 Å². The van der Waals surface area contributed by atoms with Crippen LogP contribution in [0, 0.1) is 11.8 Å². The normalized spacial score (nSPS) is 19.7. The van der Waals surface area contributed by atoms with E-state index in [0.717, 1.165) is 22.4 Å². The summed E-state index contributed by atoms with van der Waals surface area (Å²) in [7, 11) is 1.61. The second-order valence-corrected chi connectivity index (χ2v) is 6.47. The maximum absolute atomic E-state index is 11.9. The molecule has 2 amide bonds. The molecule has 1 saturated carbocycles. The van der Waals surface area contributed by atoms with Crippen LogP contribution in [-0.2, 0) is 9.59 Å². The molecule has 0 radical (unpaired) electrons. The zero-order valence-electron chi connectivity index (χ0n) is 12.4. The largest absolute Gasteiger partial charge is 0.497 e. The average Bonchev–Trinajstić information content (AvgIpc) is 3.09. The van der Waals surface area contributed by atoms with E-state index in [-0.39, 0.29) is 24.3 Å². The Labute approximate surface area is 131 Å². The zero-order valence-corrected chi connectivity index (χ0v) is 13.2. The Balaban J connectivity index is 1.58. The molecule has 1 heterocycles. The number of rotatable bonds is 5. The van der Waals surface area contributed by atoms with E-state index < -0.39 is 0 Å². The van der Waals surface area contributed by atoms with Crippen LogP contribution in [0.15, 0.2) is 18.2 Å². The van der Waals surface area contributed by atoms with E-state index in [2.05, 4.69) is 15.6 Å². The fourth-order valence-corrected chi connectivity index (χ4v) is 3.15. The van der Waals surface area contributed by atoms with Crippen LogP contribution in [-0.4, -0.2) is 30.5 Å². The van der Waals surface area contributed by atoms with Crippen molar-refractivity contribution in [3.63, 3.8) is 0 Å². The number of fused-ring (bicyclic) bond motifs is 1. The Kier molecular flexibility index (Phi) is 3.98. The number of benzene rings is 1. The van der Waals surface area contributed by atoms with E-state index in [4.69, 9.17) is 4.74 Å². The van der Waals surface area contributed by atoms with Gasteiger partial charge < -0.3 is 15.4 Å². The third kappa shape index (κ3) is 3.19. The van der Waals surface area contributed by atoms with Crippen molar-refractivity contribution in [2.45, 2.75) is 13.3 Å². The first-order chi connectivity index (χ1) is 10.6. The van der Waals surface area contributed by atoms with Crippen LogP contribution in [0.3, 0.4) is 0 Å². The van der Waals surface area contributed by atoms with Crippen LogP contribution < -0.4 is 15.4 Å². The maximum atomic E-state index is 11.9. The molecular formula is C15H17N3O3S. The molecule has 1 aliphatic rings. The molecule has 1 aromatic heterocycles. The van der Waals surface area contributed by atoms with Gasteiger partial charge in [-0.25, -0.2) is 4.98 Å². The Hall–Kier alpha value is -2.15. The number of thiazole rings is 1. The van der Waals surface area contributed by atoms with Crippen molar-refractivity contribution in [2.24, 2.45) is 11.8 Å². The fourth-order valence-electron chi connectivity index (χ4n) is 2.23. The predicted octanol–water partition coefficient (Wildman–Crippen LogP) is 2.02. The molecule has 0 saturated heterocycles. The highest BCUT2D eigenvalue weighted by molar-refractivity contribution is 7.22. The van der Waals surface area contributed by atoms with Gasteiger partial charge in [-0.15, -0.1) is 0 Å². The summed E-state index contributed by atoms with van der Waals surface area (Å²) < 4.78 is 6.09. The fraction of sp³-hybridized carbons (Fsp3) is 0.400. The Bertz CT molecular complexity index is 728. The molecule has 0 aliphatic heterocycles. The third-order valence-corrected chi connectivity index (χ3v) is 4.64. The van der Waals surface area contributed by atoms with E-state index in [9.17, 15) is 9.59 Å². The number of hydrogen-bond donors (Lipinski definition) is 2. The minimum absolute atomic E-state index is 0.0265. The molecule has 0 unspecified atom stereocenters. The van der Waals surface area contributed by atoms with E-state index in [1.165, 1.54) is 11.3 Å². The van der Waals surface area contributed by atoms with Crippen molar-refractivity contribution in [1.29, 1.82) is 0 Å². The standard InChI is InChI=1S/C15H17N3O3S/c1-8-5-10(8)14(20)16-7-13(19)18-15-17-11-4-3-9(21-2)6-12(11)22-15/h3-4,6,8,10H,5,7H2,1-2H3,(H,16,20)(H,17,18,19)/t8-,10-/m1/s1.